The smallest absolute Gasteiger partial charge is 0.454 e. The van der Waals surface area contributed by atoms with Crippen molar-refractivity contribution in [3.8, 4) is 11.5 Å². The summed E-state index contributed by atoms with van der Waals surface area (Å²) in [6.07, 6.45) is 3.96. The number of rotatable bonds is 8. The Morgan fingerprint density at radius 3 is 2.70 bits per heavy atom. The number of fused-ring (bicyclic) bond motifs is 1. The van der Waals surface area contributed by atoms with Crippen molar-refractivity contribution in [1.29, 1.82) is 0 Å². The number of hydrogen-bond acceptors (Lipinski definition) is 6. The van der Waals surface area contributed by atoms with E-state index in [4.69, 9.17) is 9.47 Å². The topological polar surface area (TPSA) is 71.1 Å². The lowest BCUT2D eigenvalue weighted by Crippen LogP contribution is -2.13. The highest BCUT2D eigenvalue weighted by Gasteiger charge is 2.13. The average Bonchev–Trinajstić information content (AvgIpc) is 2.98. The number of carbonyl (C=O) groups excluding carboxylic acids is 2. The summed E-state index contributed by atoms with van der Waals surface area (Å²) < 4.78 is 19.6. The van der Waals surface area contributed by atoms with Gasteiger partial charge in [0.1, 0.15) is 0 Å². The maximum Gasteiger partial charge on any atom is 0.516 e. The molecule has 1 aliphatic heterocycles. The van der Waals surface area contributed by atoms with Crippen molar-refractivity contribution >= 4 is 12.1 Å². The van der Waals surface area contributed by atoms with Crippen LogP contribution in [0.3, 0.4) is 0 Å². The molecule has 126 valence electrons. The minimum Gasteiger partial charge on any atom is -0.454 e. The molecule has 0 aromatic heterocycles. The van der Waals surface area contributed by atoms with Gasteiger partial charge in [-0.3, -0.25) is 4.79 Å². The number of esters is 1. The maximum absolute atomic E-state index is 11.3. The summed E-state index contributed by atoms with van der Waals surface area (Å²) in [4.78, 5) is 22.3. The monoisotopic (exact) mass is 322 g/mol. The van der Waals surface area contributed by atoms with Crippen LogP contribution in [0.1, 0.15) is 44.6 Å². The Hall–Kier alpha value is -2.24. The molecule has 1 aliphatic rings. The zero-order valence-electron chi connectivity index (χ0n) is 13.3. The third kappa shape index (κ3) is 5.81. The minimum atomic E-state index is -0.916. The first-order chi connectivity index (χ1) is 11.2. The Bertz CT molecular complexity index is 540. The first-order valence-corrected chi connectivity index (χ1v) is 7.95. The van der Waals surface area contributed by atoms with E-state index >= 15 is 0 Å². The van der Waals surface area contributed by atoms with Crippen molar-refractivity contribution in [1.82, 2.24) is 0 Å². The molecular weight excluding hydrogens is 300 g/mol. The molecule has 0 amide bonds. The molecule has 6 heteroatoms. The lowest BCUT2D eigenvalue weighted by molar-refractivity contribution is -0.139. The molecule has 0 saturated heterocycles. The van der Waals surface area contributed by atoms with Gasteiger partial charge in [-0.25, -0.2) is 4.79 Å². The number of carbonyl (C=O) groups is 2. The summed E-state index contributed by atoms with van der Waals surface area (Å²) in [5, 5.41) is 0. The normalized spacial score (nSPS) is 12.0. The van der Waals surface area contributed by atoms with Gasteiger partial charge in [0.25, 0.3) is 0 Å². The molecular formula is C17H22O6. The fourth-order valence-corrected chi connectivity index (χ4v) is 2.34. The summed E-state index contributed by atoms with van der Waals surface area (Å²) >= 11 is 0. The van der Waals surface area contributed by atoms with Crippen LogP contribution in [0.4, 0.5) is 4.79 Å². The summed E-state index contributed by atoms with van der Waals surface area (Å²) in [5.74, 6) is 1.08. The molecule has 1 aromatic carbocycles. The Kier molecular flexibility index (Phi) is 6.72. The zero-order valence-corrected chi connectivity index (χ0v) is 13.3. The highest BCUT2D eigenvalue weighted by molar-refractivity contribution is 5.81. The predicted molar refractivity (Wildman–Crippen MR) is 82.5 cm³/mol. The second kappa shape index (κ2) is 9.02. The van der Waals surface area contributed by atoms with E-state index in [0.29, 0.717) is 13.2 Å². The summed E-state index contributed by atoms with van der Waals surface area (Å²) in [6.45, 7) is 2.15. The van der Waals surface area contributed by atoms with Crippen molar-refractivity contribution < 1.29 is 28.5 Å². The molecule has 6 nitrogen and oxygen atoms in total. The molecule has 0 atom stereocenters. The number of aryl methyl sites for hydroxylation is 1. The summed E-state index contributed by atoms with van der Waals surface area (Å²) in [5.41, 5.74) is 1.22. The van der Waals surface area contributed by atoms with Crippen LogP contribution in [0.2, 0.25) is 0 Å². The van der Waals surface area contributed by atoms with Crippen molar-refractivity contribution in [2.75, 3.05) is 13.4 Å². The molecule has 0 spiro atoms. The summed E-state index contributed by atoms with van der Waals surface area (Å²) in [6, 6.07) is 5.99. The fourth-order valence-electron chi connectivity index (χ4n) is 2.34. The minimum absolute atomic E-state index is 0.200. The van der Waals surface area contributed by atoms with Gasteiger partial charge >= 0.3 is 12.1 Å². The van der Waals surface area contributed by atoms with Crippen molar-refractivity contribution in [3.63, 3.8) is 0 Å². The number of ether oxygens (including phenoxy) is 4. The van der Waals surface area contributed by atoms with Crippen LogP contribution in [0, 0.1) is 0 Å². The molecule has 0 N–H and O–H groups in total. The van der Waals surface area contributed by atoms with E-state index in [2.05, 4.69) is 9.47 Å². The molecule has 1 aromatic rings. The fraction of sp³-hybridized carbons (Fsp3) is 0.529. The van der Waals surface area contributed by atoms with E-state index in [-0.39, 0.29) is 13.0 Å². The van der Waals surface area contributed by atoms with Crippen molar-refractivity contribution in [3.05, 3.63) is 23.8 Å². The van der Waals surface area contributed by atoms with Crippen LogP contribution in [0.15, 0.2) is 18.2 Å². The first kappa shape index (κ1) is 17.1. The SMILES string of the molecule is CCOC(=O)OC(=O)CCCCCCc1ccc2c(c1)OCO2. The van der Waals surface area contributed by atoms with Crippen LogP contribution in [-0.2, 0) is 20.7 Å². The van der Waals surface area contributed by atoms with Gasteiger partial charge in [0.05, 0.1) is 6.61 Å². The Morgan fingerprint density at radius 1 is 1.09 bits per heavy atom. The Labute approximate surface area is 135 Å². The van der Waals surface area contributed by atoms with Crippen LogP contribution in [-0.4, -0.2) is 25.5 Å². The molecule has 0 bridgehead atoms. The van der Waals surface area contributed by atoms with Crippen LogP contribution >= 0.6 is 0 Å². The van der Waals surface area contributed by atoms with Crippen LogP contribution < -0.4 is 9.47 Å². The van der Waals surface area contributed by atoms with Gasteiger partial charge in [-0.2, -0.15) is 0 Å². The molecule has 0 saturated carbocycles. The van der Waals surface area contributed by atoms with E-state index < -0.39 is 12.1 Å². The van der Waals surface area contributed by atoms with E-state index in [9.17, 15) is 9.59 Å². The lowest BCUT2D eigenvalue weighted by atomic mass is 10.0. The molecule has 23 heavy (non-hydrogen) atoms. The van der Waals surface area contributed by atoms with Crippen LogP contribution in [0.5, 0.6) is 11.5 Å². The second-order valence-corrected chi connectivity index (χ2v) is 5.26. The van der Waals surface area contributed by atoms with E-state index in [1.165, 1.54) is 5.56 Å². The van der Waals surface area contributed by atoms with Crippen molar-refractivity contribution in [2.24, 2.45) is 0 Å². The molecule has 0 unspecified atom stereocenters. The number of unbranched alkanes of at least 4 members (excludes halogenated alkanes) is 3. The first-order valence-electron chi connectivity index (χ1n) is 7.95. The average molecular weight is 322 g/mol. The van der Waals surface area contributed by atoms with Gasteiger partial charge in [-0.05, 0) is 43.9 Å². The van der Waals surface area contributed by atoms with Gasteiger partial charge in [-0.1, -0.05) is 18.9 Å². The van der Waals surface area contributed by atoms with Crippen molar-refractivity contribution in [2.45, 2.75) is 45.4 Å². The highest BCUT2D eigenvalue weighted by atomic mass is 16.7. The number of benzene rings is 1. The highest BCUT2D eigenvalue weighted by Crippen LogP contribution is 2.32. The second-order valence-electron chi connectivity index (χ2n) is 5.26. The Balaban J connectivity index is 1.54. The van der Waals surface area contributed by atoms with Gasteiger partial charge in [0.15, 0.2) is 11.5 Å². The standard InChI is InChI=1S/C17H22O6/c1-2-20-17(19)23-16(18)8-6-4-3-5-7-13-9-10-14-15(11-13)22-12-21-14/h9-11H,2-8,12H2,1H3. The zero-order chi connectivity index (χ0) is 16.5. The van der Waals surface area contributed by atoms with Crippen LogP contribution in [0.25, 0.3) is 0 Å². The van der Waals surface area contributed by atoms with E-state index in [1.54, 1.807) is 6.92 Å². The van der Waals surface area contributed by atoms with Gasteiger partial charge in [0.2, 0.25) is 6.79 Å². The third-order valence-electron chi connectivity index (χ3n) is 3.49. The predicted octanol–water partition coefficient (Wildman–Crippen LogP) is 3.61. The lowest BCUT2D eigenvalue weighted by Gasteiger charge is -2.04. The molecule has 2 rings (SSSR count). The molecule has 1 heterocycles. The van der Waals surface area contributed by atoms with E-state index in [0.717, 1.165) is 37.2 Å². The van der Waals surface area contributed by atoms with Gasteiger partial charge in [-0.15, -0.1) is 0 Å². The van der Waals surface area contributed by atoms with Gasteiger partial charge < -0.3 is 18.9 Å². The molecule has 0 aliphatic carbocycles. The van der Waals surface area contributed by atoms with Gasteiger partial charge in [0, 0.05) is 6.42 Å². The largest absolute Gasteiger partial charge is 0.516 e. The third-order valence-corrected chi connectivity index (χ3v) is 3.49. The maximum atomic E-state index is 11.3. The summed E-state index contributed by atoms with van der Waals surface area (Å²) in [7, 11) is 0. The van der Waals surface area contributed by atoms with E-state index in [1.807, 2.05) is 18.2 Å². The molecule has 0 fully saturated rings. The molecule has 0 radical (unpaired) electrons. The number of hydrogen-bond donors (Lipinski definition) is 0. The Morgan fingerprint density at radius 2 is 1.87 bits per heavy atom. The quantitative estimate of drug-likeness (QED) is 0.414.